The second kappa shape index (κ2) is 34.5. The summed E-state index contributed by atoms with van der Waals surface area (Å²) < 4.78 is 7.56. The minimum absolute atomic E-state index is 0.929. The zero-order chi connectivity index (χ0) is 94.8. The van der Waals surface area contributed by atoms with Crippen molar-refractivity contribution in [2.75, 3.05) is 14.7 Å². The normalized spacial score (nSPS) is 11.8. The predicted molar refractivity (Wildman–Crippen MR) is 611 cm³/mol. The first kappa shape index (κ1) is 83.1. The molecule has 28 aromatic rings. The topological polar surface area (TPSA) is 24.5 Å². The average molecular weight is 1830 g/mol. The van der Waals surface area contributed by atoms with Crippen molar-refractivity contribution in [3.63, 3.8) is 0 Å². The summed E-state index contributed by atoms with van der Waals surface area (Å²) in [4.78, 5) is 7.75. The van der Waals surface area contributed by atoms with Crippen LogP contribution >= 0.6 is 0 Å². The van der Waals surface area contributed by atoms with Gasteiger partial charge in [0, 0.05) is 80.8 Å². The lowest BCUT2D eigenvalue weighted by atomic mass is 9.99. The Morgan fingerprint density at radius 1 is 0.111 bits per heavy atom. The molecule has 0 saturated carbocycles. The number of benzene rings is 25. The van der Waals surface area contributed by atoms with Gasteiger partial charge in [0.15, 0.2) is 0 Å². The largest absolute Gasteiger partial charge is 0.309 e. The average Bonchev–Trinajstić information content (AvgIpc) is 1.25. The van der Waals surface area contributed by atoms with Gasteiger partial charge in [0.05, 0.1) is 101 Å². The minimum Gasteiger partial charge on any atom is -0.309 e. The standard InChI is InChI=1S/C138H90N6/c1-7-34-91(35-8-1)100-64-70-133-118(82-100)119-83-101(92-36-9-2-10-37-92)65-71-134(119)142(133)130-79-76-127(112-55-25-28-58-115(112)130)139(124-61-31-49-97-46-19-22-52-109(97)124)106-88-107(140(125-62-32-50-98-47-20-23-53-110(98)125)128-77-80-131(116-59-29-26-56-113(116)128)143-135-72-66-102(93-38-11-3-12-39-93)84-120(135)121-85-103(67-73-136(121)143)94-40-13-4-14-41-94)90-108(89-106)141(126-63-33-51-99-48-21-24-54-111(99)126)129-78-81-132(117-60-30-27-57-114(117)129)144-137-74-68-104(95-42-15-5-16-43-95)86-122(137)123-87-105(69-75-138(123)144)96-44-17-6-18-45-96/h1-90H. The summed E-state index contributed by atoms with van der Waals surface area (Å²) >= 11 is 0. The van der Waals surface area contributed by atoms with Crippen LogP contribution < -0.4 is 14.7 Å². The number of anilines is 9. The summed E-state index contributed by atoms with van der Waals surface area (Å²) in [7, 11) is 0. The van der Waals surface area contributed by atoms with Crippen LogP contribution in [0.4, 0.5) is 51.2 Å². The molecule has 0 bridgehead atoms. The molecule has 25 aromatic carbocycles. The number of fused-ring (bicyclic) bond motifs is 15. The highest BCUT2D eigenvalue weighted by Gasteiger charge is 2.31. The van der Waals surface area contributed by atoms with E-state index < -0.39 is 0 Å². The molecule has 0 aliphatic rings. The Bertz CT molecular complexity index is 8750. The molecule has 3 heterocycles. The number of aromatic nitrogens is 3. The van der Waals surface area contributed by atoms with Crippen molar-refractivity contribution in [3.8, 4) is 83.8 Å². The van der Waals surface area contributed by atoms with E-state index in [1.54, 1.807) is 0 Å². The van der Waals surface area contributed by atoms with E-state index in [9.17, 15) is 0 Å². The van der Waals surface area contributed by atoms with E-state index in [0.717, 1.165) is 166 Å². The first-order valence-electron chi connectivity index (χ1n) is 49.6. The zero-order valence-corrected chi connectivity index (χ0v) is 78.6. The number of hydrogen-bond acceptors (Lipinski definition) is 3. The molecular formula is C138H90N6. The Balaban J connectivity index is 0.727. The van der Waals surface area contributed by atoms with Crippen LogP contribution in [0.25, 0.3) is 214 Å². The van der Waals surface area contributed by atoms with Crippen molar-refractivity contribution >= 4 is 181 Å². The molecule has 0 amide bonds. The Hall–Kier alpha value is -19.1. The van der Waals surface area contributed by atoms with Gasteiger partial charge in [-0.1, -0.05) is 400 Å². The van der Waals surface area contributed by atoms with Crippen LogP contribution in [-0.4, -0.2) is 13.7 Å². The third-order valence-electron chi connectivity index (χ3n) is 29.7. The second-order valence-corrected chi connectivity index (χ2v) is 37.8. The maximum absolute atomic E-state index is 2.58. The molecule has 0 aliphatic heterocycles. The Kier molecular flexibility index (Phi) is 19.9. The molecule has 6 heteroatoms. The molecule has 3 aromatic heterocycles. The molecule has 6 nitrogen and oxygen atoms in total. The van der Waals surface area contributed by atoms with E-state index in [1.165, 1.54) is 99.1 Å². The van der Waals surface area contributed by atoms with Crippen molar-refractivity contribution < 1.29 is 0 Å². The van der Waals surface area contributed by atoms with E-state index in [4.69, 9.17) is 0 Å². The van der Waals surface area contributed by atoms with Crippen LogP contribution in [0.3, 0.4) is 0 Å². The van der Waals surface area contributed by atoms with Crippen LogP contribution in [0.1, 0.15) is 0 Å². The fourth-order valence-electron chi connectivity index (χ4n) is 23.1. The molecule has 0 saturated heterocycles. The lowest BCUT2D eigenvalue weighted by Gasteiger charge is -2.35. The highest BCUT2D eigenvalue weighted by Crippen LogP contribution is 2.55. The number of rotatable bonds is 18. The summed E-state index contributed by atoms with van der Waals surface area (Å²) in [6.07, 6.45) is 0. The van der Waals surface area contributed by atoms with Gasteiger partial charge in [0.25, 0.3) is 0 Å². The summed E-state index contributed by atoms with van der Waals surface area (Å²) in [6.45, 7) is 0. The summed E-state index contributed by atoms with van der Waals surface area (Å²) in [5.41, 5.74) is 32.8. The van der Waals surface area contributed by atoms with Crippen molar-refractivity contribution in [1.82, 2.24) is 13.7 Å². The molecule has 672 valence electrons. The van der Waals surface area contributed by atoms with Gasteiger partial charge in [-0.05, 0) is 229 Å². The summed E-state index contributed by atoms with van der Waals surface area (Å²) in [5, 5.41) is 20.2. The first-order chi connectivity index (χ1) is 71.4. The van der Waals surface area contributed by atoms with E-state index in [1.807, 2.05) is 0 Å². The third kappa shape index (κ3) is 13.9. The van der Waals surface area contributed by atoms with Crippen LogP contribution in [0.5, 0.6) is 0 Å². The van der Waals surface area contributed by atoms with E-state index in [-0.39, 0.29) is 0 Å². The van der Waals surface area contributed by atoms with Crippen LogP contribution in [0, 0.1) is 0 Å². The molecule has 144 heavy (non-hydrogen) atoms. The zero-order valence-electron chi connectivity index (χ0n) is 78.6. The number of hydrogen-bond donors (Lipinski definition) is 0. The maximum atomic E-state index is 2.58. The number of nitrogens with zero attached hydrogens (tertiary/aromatic N) is 6. The molecule has 0 unspecified atom stereocenters. The predicted octanol–water partition coefficient (Wildman–Crippen LogP) is 38.3. The third-order valence-corrected chi connectivity index (χ3v) is 29.7. The smallest absolute Gasteiger partial charge is 0.0542 e. The Morgan fingerprint density at radius 3 is 0.514 bits per heavy atom. The van der Waals surface area contributed by atoms with Crippen molar-refractivity contribution in [3.05, 3.63) is 546 Å². The van der Waals surface area contributed by atoms with Gasteiger partial charge < -0.3 is 28.4 Å². The van der Waals surface area contributed by atoms with E-state index in [0.29, 0.717) is 0 Å². The summed E-state index contributed by atoms with van der Waals surface area (Å²) in [6, 6.07) is 204. The molecule has 0 radical (unpaired) electrons. The van der Waals surface area contributed by atoms with Gasteiger partial charge in [0.2, 0.25) is 0 Å². The fraction of sp³-hybridized carbons (Fsp3) is 0. The lowest BCUT2D eigenvalue weighted by Crippen LogP contribution is -2.17. The molecule has 0 fully saturated rings. The molecule has 0 aliphatic carbocycles. The molecule has 0 N–H and O–H groups in total. The van der Waals surface area contributed by atoms with Gasteiger partial charge in [0.1, 0.15) is 0 Å². The SMILES string of the molecule is c1ccc(-c2ccc3c(c2)c2cc(-c4ccccc4)ccc2n3-c2ccc(N(c3cc(N(c4cccc5ccccc45)c4ccc(-n5c6ccc(-c7ccccc7)cc6c6cc(-c7ccccc7)ccc65)c5ccccc45)cc(N(c4cccc5ccccc45)c4ccc(-n5c6ccc(-c7ccccc7)cc6c6cc(-c7ccccc7)ccc65)c5ccccc45)c3)c3cccc4ccccc34)c3ccccc23)cc1. The van der Waals surface area contributed by atoms with Crippen molar-refractivity contribution in [2.45, 2.75) is 0 Å². The van der Waals surface area contributed by atoms with E-state index in [2.05, 4.69) is 574 Å². The molecular weight excluding hydrogens is 1740 g/mol. The van der Waals surface area contributed by atoms with Gasteiger partial charge in [-0.3, -0.25) is 0 Å². The Labute approximate surface area is 833 Å². The van der Waals surface area contributed by atoms with Crippen molar-refractivity contribution in [1.29, 1.82) is 0 Å². The van der Waals surface area contributed by atoms with E-state index >= 15 is 0 Å². The highest BCUT2D eigenvalue weighted by atomic mass is 15.2. The second-order valence-electron chi connectivity index (χ2n) is 37.8. The van der Waals surface area contributed by atoms with Crippen LogP contribution in [-0.2, 0) is 0 Å². The highest BCUT2D eigenvalue weighted by molar-refractivity contribution is 6.20. The lowest BCUT2D eigenvalue weighted by molar-refractivity contribution is 1.19. The molecule has 0 atom stereocenters. The van der Waals surface area contributed by atoms with Crippen molar-refractivity contribution in [2.24, 2.45) is 0 Å². The monoisotopic (exact) mass is 1830 g/mol. The van der Waals surface area contributed by atoms with Gasteiger partial charge in [-0.15, -0.1) is 0 Å². The first-order valence-corrected chi connectivity index (χ1v) is 49.6. The van der Waals surface area contributed by atoms with Gasteiger partial charge in [-0.2, -0.15) is 0 Å². The maximum Gasteiger partial charge on any atom is 0.0542 e. The van der Waals surface area contributed by atoms with Gasteiger partial charge in [-0.25, -0.2) is 0 Å². The van der Waals surface area contributed by atoms with Gasteiger partial charge >= 0.3 is 0 Å². The quantitative estimate of drug-likeness (QED) is 0.0856. The fourth-order valence-corrected chi connectivity index (χ4v) is 23.1. The van der Waals surface area contributed by atoms with Crippen LogP contribution in [0.15, 0.2) is 546 Å². The minimum atomic E-state index is 0.929. The summed E-state index contributed by atoms with van der Waals surface area (Å²) in [5.74, 6) is 0. The van der Waals surface area contributed by atoms with Crippen LogP contribution in [0.2, 0.25) is 0 Å². The molecule has 0 spiro atoms. The Morgan fingerprint density at radius 2 is 0.292 bits per heavy atom. The molecule has 28 rings (SSSR count).